The summed E-state index contributed by atoms with van der Waals surface area (Å²) in [4.78, 5) is 4.29. The topological polar surface area (TPSA) is 52.5 Å². The Bertz CT molecular complexity index is 810. The van der Waals surface area contributed by atoms with Gasteiger partial charge in [0.05, 0.1) is 0 Å². The molecule has 126 valence electrons. The van der Waals surface area contributed by atoms with Crippen molar-refractivity contribution in [2.75, 3.05) is 0 Å². The molecule has 1 aliphatic carbocycles. The number of nitrogens with zero attached hydrogens (tertiary/aromatic N) is 2. The number of halogens is 1. The molecule has 2 aromatic carbocycles. The summed E-state index contributed by atoms with van der Waals surface area (Å²) in [6.07, 6.45) is 9.93. The van der Waals surface area contributed by atoms with E-state index < -0.39 is 0 Å². The van der Waals surface area contributed by atoms with Crippen LogP contribution in [-0.2, 0) is 17.1 Å². The smallest absolute Gasteiger partial charge is 0.453 e. The molecule has 0 spiro atoms. The van der Waals surface area contributed by atoms with Gasteiger partial charge in [0, 0.05) is 21.8 Å². The molecule has 0 aromatic heterocycles. The zero-order valence-electron chi connectivity index (χ0n) is 13.3. The average Bonchev–Trinajstić information content (AvgIpc) is 3.31. The first-order valence-electron chi connectivity index (χ1n) is 7.51. The second-order valence-corrected chi connectivity index (χ2v) is 6.06. The monoisotopic (exact) mass is 433 g/mol. The maximum absolute atomic E-state index is 5.80. The molecule has 5 heteroatoms. The van der Waals surface area contributed by atoms with Gasteiger partial charge in [0.25, 0.3) is 0 Å². The first-order valence-corrected chi connectivity index (χ1v) is 8.31. The number of guanidine groups is 1. The Hall–Kier alpha value is -2.20. The van der Waals surface area contributed by atoms with Crippen LogP contribution >= 0.6 is 15.9 Å². The number of hydrogen-bond donors (Lipinski definition) is 1. The van der Waals surface area contributed by atoms with Crippen molar-refractivity contribution >= 4 is 27.6 Å². The SMILES string of the molecule is NC1=NC(c2ccc(Br)cc2)=CC(=C2C=CC=C2)[N-]1.[Fe+2].c1cc[cH-]c1. The summed E-state index contributed by atoms with van der Waals surface area (Å²) in [5.41, 5.74) is 9.54. The van der Waals surface area contributed by atoms with Crippen LogP contribution in [0.3, 0.4) is 0 Å². The van der Waals surface area contributed by atoms with Gasteiger partial charge in [0.1, 0.15) is 0 Å². The van der Waals surface area contributed by atoms with E-state index in [0.717, 1.165) is 27.0 Å². The summed E-state index contributed by atoms with van der Waals surface area (Å²) in [5, 5.41) is 4.28. The van der Waals surface area contributed by atoms with Crippen LogP contribution in [0.25, 0.3) is 11.0 Å². The Morgan fingerprint density at radius 3 is 2.20 bits per heavy atom. The molecule has 2 aliphatic rings. The van der Waals surface area contributed by atoms with Crippen molar-refractivity contribution < 1.29 is 17.1 Å². The molecule has 0 fully saturated rings. The molecule has 0 bridgehead atoms. The second-order valence-electron chi connectivity index (χ2n) is 5.14. The molecule has 2 aromatic rings. The fraction of sp³-hybridized carbons (Fsp3) is 0. The third kappa shape index (κ3) is 5.40. The molecule has 0 saturated heterocycles. The van der Waals surface area contributed by atoms with E-state index in [1.165, 1.54) is 0 Å². The fourth-order valence-electron chi connectivity index (χ4n) is 2.25. The fourth-order valence-corrected chi connectivity index (χ4v) is 2.51. The van der Waals surface area contributed by atoms with Gasteiger partial charge in [-0.2, -0.15) is 18.2 Å². The van der Waals surface area contributed by atoms with Crippen LogP contribution in [0, 0.1) is 0 Å². The van der Waals surface area contributed by atoms with Gasteiger partial charge < -0.3 is 16.0 Å². The molecule has 25 heavy (non-hydrogen) atoms. The van der Waals surface area contributed by atoms with Crippen molar-refractivity contribution in [1.82, 2.24) is 0 Å². The minimum atomic E-state index is 0. The largest absolute Gasteiger partial charge is 2.00 e. The summed E-state index contributed by atoms with van der Waals surface area (Å²) < 4.78 is 1.04. The van der Waals surface area contributed by atoms with Gasteiger partial charge in [0.15, 0.2) is 0 Å². The Morgan fingerprint density at radius 2 is 1.64 bits per heavy atom. The molecule has 0 saturated carbocycles. The molecule has 1 heterocycles. The molecule has 4 rings (SSSR count). The molecule has 0 amide bonds. The molecular weight excluding hydrogens is 418 g/mol. The number of aliphatic imine (C=N–C) groups is 1. The van der Waals surface area contributed by atoms with Gasteiger partial charge >= 0.3 is 17.1 Å². The van der Waals surface area contributed by atoms with Crippen molar-refractivity contribution in [2.45, 2.75) is 0 Å². The molecule has 3 nitrogen and oxygen atoms in total. The van der Waals surface area contributed by atoms with Crippen LogP contribution in [0.5, 0.6) is 0 Å². The number of rotatable bonds is 1. The summed E-state index contributed by atoms with van der Waals surface area (Å²) in [6, 6.07) is 18.0. The predicted molar refractivity (Wildman–Crippen MR) is 104 cm³/mol. The minimum Gasteiger partial charge on any atom is -0.453 e. The van der Waals surface area contributed by atoms with Crippen molar-refractivity contribution in [3.63, 3.8) is 0 Å². The van der Waals surface area contributed by atoms with Crippen LogP contribution in [0.15, 0.2) is 106 Å². The van der Waals surface area contributed by atoms with Crippen LogP contribution in [0.2, 0.25) is 0 Å². The van der Waals surface area contributed by atoms with Crippen molar-refractivity contribution in [3.05, 3.63) is 112 Å². The average molecular weight is 434 g/mol. The van der Waals surface area contributed by atoms with Crippen molar-refractivity contribution in [3.8, 4) is 0 Å². The third-order valence-corrected chi connectivity index (χ3v) is 3.93. The van der Waals surface area contributed by atoms with E-state index in [9.17, 15) is 0 Å². The molecule has 0 atom stereocenters. The number of allylic oxidation sites excluding steroid dienone is 6. The predicted octanol–water partition coefficient (Wildman–Crippen LogP) is 5.28. The third-order valence-electron chi connectivity index (χ3n) is 3.40. The van der Waals surface area contributed by atoms with Crippen LogP contribution < -0.4 is 5.73 Å². The summed E-state index contributed by atoms with van der Waals surface area (Å²) in [7, 11) is 0. The molecule has 1 aliphatic heterocycles. The normalized spacial score (nSPS) is 14.8. The summed E-state index contributed by atoms with van der Waals surface area (Å²) in [6.45, 7) is 0. The Morgan fingerprint density at radius 1 is 1.00 bits per heavy atom. The van der Waals surface area contributed by atoms with Crippen molar-refractivity contribution in [1.29, 1.82) is 0 Å². The van der Waals surface area contributed by atoms with E-state index in [-0.39, 0.29) is 23.0 Å². The van der Waals surface area contributed by atoms with E-state index in [1.54, 1.807) is 0 Å². The summed E-state index contributed by atoms with van der Waals surface area (Å²) >= 11 is 3.42. The van der Waals surface area contributed by atoms with E-state index in [1.807, 2.05) is 85.0 Å². The standard InChI is InChI=1S/C15H11BrN3.C5H5.Fe/c16-12-7-5-11(6-8-12)14-9-13(18-15(17)19-14)10-3-1-2-4-10;1-2-4-5-3-1;/h1-9H,(H2-,17,18,19);1-5H;/q2*-1;+2. The van der Waals surface area contributed by atoms with E-state index in [4.69, 9.17) is 5.73 Å². The zero-order valence-corrected chi connectivity index (χ0v) is 16.0. The van der Waals surface area contributed by atoms with Crippen LogP contribution in [0.4, 0.5) is 0 Å². The number of benzene rings is 1. The first kappa shape index (κ1) is 19.1. The van der Waals surface area contributed by atoms with Crippen molar-refractivity contribution in [2.24, 2.45) is 10.7 Å². The minimum absolute atomic E-state index is 0. The number of hydrogen-bond acceptors (Lipinski definition) is 2. The van der Waals surface area contributed by atoms with Gasteiger partial charge in [-0.25, -0.2) is 12.1 Å². The first-order chi connectivity index (χ1) is 11.7. The van der Waals surface area contributed by atoms with Crippen LogP contribution in [0.1, 0.15) is 5.56 Å². The zero-order chi connectivity index (χ0) is 16.8. The van der Waals surface area contributed by atoms with E-state index >= 15 is 0 Å². The number of nitrogens with two attached hydrogens (primary N) is 1. The van der Waals surface area contributed by atoms with E-state index in [0.29, 0.717) is 0 Å². The molecule has 2 N–H and O–H groups in total. The van der Waals surface area contributed by atoms with E-state index in [2.05, 4.69) is 26.2 Å². The summed E-state index contributed by atoms with van der Waals surface area (Å²) in [5.74, 6) is 0.289. The second kappa shape index (κ2) is 9.33. The Labute approximate surface area is 166 Å². The Balaban J connectivity index is 0.000000325. The maximum Gasteiger partial charge on any atom is 2.00 e. The molecule has 0 unspecified atom stereocenters. The molecule has 0 radical (unpaired) electrons. The quantitative estimate of drug-likeness (QED) is 0.483. The van der Waals surface area contributed by atoms with Gasteiger partial charge in [-0.05, 0) is 29.3 Å². The molecular formula is C20H16BrFeN3. The van der Waals surface area contributed by atoms with Crippen LogP contribution in [-0.4, -0.2) is 5.96 Å². The van der Waals surface area contributed by atoms with Gasteiger partial charge in [-0.1, -0.05) is 52.4 Å². The Kier molecular flexibility index (Phi) is 7.14. The maximum atomic E-state index is 5.80. The van der Waals surface area contributed by atoms with Gasteiger partial charge in [0.2, 0.25) is 0 Å². The van der Waals surface area contributed by atoms with Gasteiger partial charge in [-0.3, -0.25) is 0 Å². The van der Waals surface area contributed by atoms with Gasteiger partial charge in [-0.15, -0.1) is 0 Å².